The molecule has 0 bridgehead atoms. The molecule has 1 unspecified atom stereocenters. The van der Waals surface area contributed by atoms with Crippen molar-refractivity contribution in [1.29, 1.82) is 0 Å². The van der Waals surface area contributed by atoms with Crippen LogP contribution in [0.3, 0.4) is 0 Å². The van der Waals surface area contributed by atoms with Gasteiger partial charge in [-0.25, -0.2) is 0 Å². The van der Waals surface area contributed by atoms with Crippen LogP contribution in [0.2, 0.25) is 0 Å². The Labute approximate surface area is 92.6 Å². The summed E-state index contributed by atoms with van der Waals surface area (Å²) in [5.74, 6) is 0. The summed E-state index contributed by atoms with van der Waals surface area (Å²) in [6, 6.07) is -0.113. The third-order valence-electron chi connectivity index (χ3n) is 3.01. The second kappa shape index (κ2) is 6.99. The zero-order chi connectivity index (χ0) is 11.1. The molecule has 0 saturated carbocycles. The fourth-order valence-electron chi connectivity index (χ4n) is 2.08. The average Bonchev–Trinajstić information content (AvgIpc) is 2.18. The smallest absolute Gasteiger partial charge is 0.175 e. The van der Waals surface area contributed by atoms with Crippen molar-refractivity contribution in [2.75, 3.05) is 14.2 Å². The van der Waals surface area contributed by atoms with Gasteiger partial charge in [0.25, 0.3) is 0 Å². The minimum absolute atomic E-state index is 0.113. The van der Waals surface area contributed by atoms with Gasteiger partial charge < -0.3 is 15.2 Å². The molecule has 0 aromatic heterocycles. The van der Waals surface area contributed by atoms with Crippen molar-refractivity contribution >= 4 is 0 Å². The summed E-state index contributed by atoms with van der Waals surface area (Å²) in [5, 5.41) is 0. The molecule has 0 aliphatic heterocycles. The van der Waals surface area contributed by atoms with E-state index in [2.05, 4.69) is 6.08 Å². The van der Waals surface area contributed by atoms with Crippen molar-refractivity contribution in [2.24, 2.45) is 5.73 Å². The number of ether oxygens (including phenoxy) is 2. The Kier molecular flexibility index (Phi) is 5.91. The van der Waals surface area contributed by atoms with Gasteiger partial charge in [0.05, 0.1) is 6.04 Å². The molecule has 15 heavy (non-hydrogen) atoms. The van der Waals surface area contributed by atoms with E-state index in [-0.39, 0.29) is 12.3 Å². The van der Waals surface area contributed by atoms with Gasteiger partial charge in [-0.2, -0.15) is 0 Å². The van der Waals surface area contributed by atoms with Crippen molar-refractivity contribution in [3.63, 3.8) is 0 Å². The first kappa shape index (κ1) is 12.7. The maximum Gasteiger partial charge on any atom is 0.175 e. The lowest BCUT2D eigenvalue weighted by Crippen LogP contribution is -2.39. The Morgan fingerprint density at radius 3 is 2.47 bits per heavy atom. The number of methoxy groups -OCH3 is 2. The van der Waals surface area contributed by atoms with Gasteiger partial charge in [-0.05, 0) is 25.7 Å². The topological polar surface area (TPSA) is 44.5 Å². The quantitative estimate of drug-likeness (QED) is 0.575. The Morgan fingerprint density at radius 1 is 1.13 bits per heavy atom. The van der Waals surface area contributed by atoms with Crippen LogP contribution in [-0.2, 0) is 9.47 Å². The maximum absolute atomic E-state index is 6.12. The third kappa shape index (κ3) is 3.93. The first-order valence-corrected chi connectivity index (χ1v) is 5.79. The van der Waals surface area contributed by atoms with Crippen molar-refractivity contribution < 1.29 is 9.47 Å². The van der Waals surface area contributed by atoms with E-state index in [1.807, 2.05) is 0 Å². The van der Waals surface area contributed by atoms with E-state index in [0.29, 0.717) is 0 Å². The van der Waals surface area contributed by atoms with Crippen LogP contribution in [0.25, 0.3) is 0 Å². The summed E-state index contributed by atoms with van der Waals surface area (Å²) in [6.45, 7) is 0. The number of rotatable bonds is 4. The van der Waals surface area contributed by atoms with Gasteiger partial charge >= 0.3 is 0 Å². The molecular formula is C12H23NO2. The molecule has 0 spiro atoms. The minimum Gasteiger partial charge on any atom is -0.354 e. The van der Waals surface area contributed by atoms with Gasteiger partial charge in [0.1, 0.15) is 0 Å². The summed E-state index contributed by atoms with van der Waals surface area (Å²) in [7, 11) is 3.27. The molecule has 0 radical (unpaired) electrons. The molecule has 1 rings (SSSR count). The summed E-state index contributed by atoms with van der Waals surface area (Å²) < 4.78 is 10.4. The van der Waals surface area contributed by atoms with E-state index < -0.39 is 0 Å². The van der Waals surface area contributed by atoms with E-state index in [1.165, 1.54) is 31.3 Å². The lowest BCUT2D eigenvalue weighted by molar-refractivity contribution is -0.110. The highest BCUT2D eigenvalue weighted by Gasteiger charge is 2.20. The summed E-state index contributed by atoms with van der Waals surface area (Å²) in [4.78, 5) is 0. The molecule has 0 heterocycles. The summed E-state index contributed by atoms with van der Waals surface area (Å²) in [5.41, 5.74) is 7.41. The highest BCUT2D eigenvalue weighted by Crippen LogP contribution is 2.20. The van der Waals surface area contributed by atoms with Crippen LogP contribution in [0.4, 0.5) is 0 Å². The van der Waals surface area contributed by atoms with Gasteiger partial charge in [0.2, 0.25) is 0 Å². The predicted octanol–water partition coefficient (Wildman–Crippen LogP) is 2.21. The van der Waals surface area contributed by atoms with Crippen LogP contribution < -0.4 is 5.73 Å². The molecule has 3 heteroatoms. The van der Waals surface area contributed by atoms with Crippen LogP contribution in [0.5, 0.6) is 0 Å². The monoisotopic (exact) mass is 213 g/mol. The molecule has 0 aromatic rings. The van der Waals surface area contributed by atoms with Gasteiger partial charge in [-0.15, -0.1) is 0 Å². The SMILES string of the molecule is COC(OC)C(N)C1=CCCCCCC1. The van der Waals surface area contributed by atoms with Crippen LogP contribution >= 0.6 is 0 Å². The molecule has 1 aliphatic carbocycles. The lowest BCUT2D eigenvalue weighted by Gasteiger charge is -2.24. The summed E-state index contributed by atoms with van der Waals surface area (Å²) in [6.07, 6.45) is 9.37. The van der Waals surface area contributed by atoms with Crippen LogP contribution in [0.15, 0.2) is 11.6 Å². The fraction of sp³-hybridized carbons (Fsp3) is 0.833. The molecule has 0 fully saturated rings. The van der Waals surface area contributed by atoms with Gasteiger partial charge in [-0.1, -0.05) is 24.5 Å². The molecule has 3 nitrogen and oxygen atoms in total. The van der Waals surface area contributed by atoms with Crippen molar-refractivity contribution in [3.8, 4) is 0 Å². The molecular weight excluding hydrogens is 190 g/mol. The number of hydrogen-bond acceptors (Lipinski definition) is 3. The van der Waals surface area contributed by atoms with Crippen LogP contribution in [0.1, 0.15) is 38.5 Å². The molecule has 2 N–H and O–H groups in total. The first-order valence-electron chi connectivity index (χ1n) is 5.79. The predicted molar refractivity (Wildman–Crippen MR) is 61.6 cm³/mol. The molecule has 1 aliphatic rings. The second-order valence-corrected chi connectivity index (χ2v) is 4.10. The summed E-state index contributed by atoms with van der Waals surface area (Å²) >= 11 is 0. The molecule has 0 amide bonds. The highest BCUT2D eigenvalue weighted by molar-refractivity contribution is 5.12. The van der Waals surface area contributed by atoms with E-state index in [1.54, 1.807) is 14.2 Å². The Morgan fingerprint density at radius 2 is 1.80 bits per heavy atom. The molecule has 0 saturated heterocycles. The Hall–Kier alpha value is -0.380. The minimum atomic E-state index is -0.310. The van der Waals surface area contributed by atoms with E-state index in [9.17, 15) is 0 Å². The molecule has 0 aromatic carbocycles. The van der Waals surface area contributed by atoms with E-state index in [4.69, 9.17) is 15.2 Å². The number of allylic oxidation sites excluding steroid dienone is 1. The van der Waals surface area contributed by atoms with Crippen molar-refractivity contribution in [2.45, 2.75) is 50.9 Å². The second-order valence-electron chi connectivity index (χ2n) is 4.10. The van der Waals surface area contributed by atoms with Crippen LogP contribution in [-0.4, -0.2) is 26.6 Å². The highest BCUT2D eigenvalue weighted by atomic mass is 16.7. The van der Waals surface area contributed by atoms with E-state index >= 15 is 0 Å². The van der Waals surface area contributed by atoms with Crippen molar-refractivity contribution in [3.05, 3.63) is 11.6 Å². The number of nitrogens with two attached hydrogens (primary N) is 1. The number of hydrogen-bond donors (Lipinski definition) is 1. The maximum atomic E-state index is 6.12. The van der Waals surface area contributed by atoms with E-state index in [0.717, 1.165) is 12.8 Å². The van der Waals surface area contributed by atoms with Crippen molar-refractivity contribution in [1.82, 2.24) is 0 Å². The molecule has 88 valence electrons. The zero-order valence-electron chi connectivity index (χ0n) is 9.87. The standard InChI is InChI=1S/C12H23NO2/c1-14-12(15-2)11(13)10-8-6-4-3-5-7-9-10/h8,11-12H,3-7,9,13H2,1-2H3. The van der Waals surface area contributed by atoms with Gasteiger partial charge in [0.15, 0.2) is 6.29 Å². The third-order valence-corrected chi connectivity index (χ3v) is 3.01. The van der Waals surface area contributed by atoms with Crippen LogP contribution in [0, 0.1) is 0 Å². The molecule has 1 atom stereocenters. The largest absolute Gasteiger partial charge is 0.354 e. The normalized spacial score (nSPS) is 20.7. The Bertz CT molecular complexity index is 200. The zero-order valence-corrected chi connectivity index (χ0v) is 9.87. The fourth-order valence-corrected chi connectivity index (χ4v) is 2.08. The Balaban J connectivity index is 2.57. The average molecular weight is 213 g/mol. The van der Waals surface area contributed by atoms with Gasteiger partial charge in [-0.3, -0.25) is 0 Å². The first-order chi connectivity index (χ1) is 7.29. The van der Waals surface area contributed by atoms with Gasteiger partial charge in [0, 0.05) is 14.2 Å². The lowest BCUT2D eigenvalue weighted by atomic mass is 9.95.